The first-order valence-corrected chi connectivity index (χ1v) is 5.07. The van der Waals surface area contributed by atoms with Crippen LogP contribution in [0.5, 0.6) is 0 Å². The van der Waals surface area contributed by atoms with Crippen LogP contribution in [0.25, 0.3) is 0 Å². The number of nitriles is 1. The van der Waals surface area contributed by atoms with Gasteiger partial charge in [0, 0.05) is 18.8 Å². The van der Waals surface area contributed by atoms with Gasteiger partial charge < -0.3 is 4.74 Å². The molecular formula is C10H16N2O. The molecule has 1 spiro atoms. The van der Waals surface area contributed by atoms with Crippen molar-refractivity contribution in [3.05, 3.63) is 0 Å². The zero-order chi connectivity index (χ0) is 9.15. The predicted molar refractivity (Wildman–Crippen MR) is 49.2 cm³/mol. The summed E-state index contributed by atoms with van der Waals surface area (Å²) in [5.41, 5.74) is 0.327. The van der Waals surface area contributed by atoms with Gasteiger partial charge in [0.2, 0.25) is 0 Å². The van der Waals surface area contributed by atoms with Gasteiger partial charge in [0.15, 0.2) is 0 Å². The molecule has 2 heterocycles. The number of ether oxygens (including phenoxy) is 1. The molecule has 0 N–H and O–H groups in total. The molecule has 13 heavy (non-hydrogen) atoms. The average molecular weight is 180 g/mol. The van der Waals surface area contributed by atoms with Crippen LogP contribution in [0.15, 0.2) is 0 Å². The first-order valence-electron chi connectivity index (χ1n) is 5.07. The van der Waals surface area contributed by atoms with E-state index in [0.29, 0.717) is 12.1 Å². The first kappa shape index (κ1) is 8.98. The maximum Gasteiger partial charge on any atom is 0.0870 e. The number of rotatable bonds is 1. The predicted octanol–water partition coefficient (Wildman–Crippen LogP) is 1.15. The monoisotopic (exact) mass is 180 g/mol. The first-order chi connectivity index (χ1) is 6.37. The molecule has 2 fully saturated rings. The summed E-state index contributed by atoms with van der Waals surface area (Å²) in [6.07, 6.45) is 4.75. The third-order valence-corrected chi connectivity index (χ3v) is 3.43. The average Bonchev–Trinajstić information content (AvgIpc) is 2.52. The second kappa shape index (κ2) is 3.65. The normalized spacial score (nSPS) is 27.6. The highest BCUT2D eigenvalue weighted by Gasteiger charge is 2.41. The Hall–Kier alpha value is -0.590. The molecule has 2 aliphatic rings. The number of hydrogen-bond donors (Lipinski definition) is 0. The summed E-state index contributed by atoms with van der Waals surface area (Å²) in [6, 6.07) is 2.27. The third-order valence-electron chi connectivity index (χ3n) is 3.43. The van der Waals surface area contributed by atoms with Gasteiger partial charge >= 0.3 is 0 Å². The van der Waals surface area contributed by atoms with Gasteiger partial charge in [-0.15, -0.1) is 0 Å². The largest absolute Gasteiger partial charge is 0.381 e. The Bertz CT molecular complexity index is 215. The van der Waals surface area contributed by atoms with E-state index in [-0.39, 0.29) is 0 Å². The summed E-state index contributed by atoms with van der Waals surface area (Å²) in [7, 11) is 0. The summed E-state index contributed by atoms with van der Waals surface area (Å²) in [5.74, 6) is 0. The van der Waals surface area contributed by atoms with E-state index in [1.807, 2.05) is 0 Å². The summed E-state index contributed by atoms with van der Waals surface area (Å²) in [5, 5.41) is 8.72. The van der Waals surface area contributed by atoms with Gasteiger partial charge in [-0.2, -0.15) is 5.26 Å². The highest BCUT2D eigenvalue weighted by Crippen LogP contribution is 2.37. The smallest absolute Gasteiger partial charge is 0.0870 e. The van der Waals surface area contributed by atoms with Crippen molar-refractivity contribution in [3.63, 3.8) is 0 Å². The summed E-state index contributed by atoms with van der Waals surface area (Å²) in [4.78, 5) is 2.36. The molecule has 0 saturated carbocycles. The van der Waals surface area contributed by atoms with Crippen LogP contribution in [0.2, 0.25) is 0 Å². The van der Waals surface area contributed by atoms with Gasteiger partial charge in [-0.05, 0) is 32.2 Å². The van der Waals surface area contributed by atoms with Crippen LogP contribution in [0.3, 0.4) is 0 Å². The highest BCUT2D eigenvalue weighted by molar-refractivity contribution is 4.99. The number of hydrogen-bond acceptors (Lipinski definition) is 3. The van der Waals surface area contributed by atoms with Crippen molar-refractivity contribution in [2.45, 2.75) is 31.2 Å². The summed E-state index contributed by atoms with van der Waals surface area (Å²) < 4.78 is 5.37. The van der Waals surface area contributed by atoms with Crippen LogP contribution < -0.4 is 0 Å². The minimum Gasteiger partial charge on any atom is -0.381 e. The molecule has 3 nitrogen and oxygen atoms in total. The maximum absolute atomic E-state index is 8.72. The van der Waals surface area contributed by atoms with Gasteiger partial charge in [-0.25, -0.2) is 0 Å². The fourth-order valence-corrected chi connectivity index (χ4v) is 2.64. The molecule has 0 aromatic carbocycles. The van der Waals surface area contributed by atoms with E-state index in [1.165, 1.54) is 12.8 Å². The molecule has 0 aliphatic carbocycles. The summed E-state index contributed by atoms with van der Waals surface area (Å²) >= 11 is 0. The lowest BCUT2D eigenvalue weighted by molar-refractivity contribution is -0.00305. The maximum atomic E-state index is 8.72. The van der Waals surface area contributed by atoms with Crippen LogP contribution >= 0.6 is 0 Å². The molecule has 3 heteroatoms. The number of nitrogens with zero attached hydrogens (tertiary/aromatic N) is 2. The second-order valence-electron chi connectivity index (χ2n) is 4.02. The fraction of sp³-hybridized carbons (Fsp3) is 0.900. The Labute approximate surface area is 79.3 Å². The Morgan fingerprint density at radius 3 is 2.77 bits per heavy atom. The minimum absolute atomic E-state index is 0.327. The zero-order valence-electron chi connectivity index (χ0n) is 7.96. The molecule has 0 bridgehead atoms. The van der Waals surface area contributed by atoms with E-state index in [9.17, 15) is 0 Å². The molecule has 0 atom stereocenters. The van der Waals surface area contributed by atoms with Crippen LogP contribution in [0.1, 0.15) is 25.7 Å². The van der Waals surface area contributed by atoms with E-state index < -0.39 is 0 Å². The SMILES string of the molecule is N#CCN1CCCC12CCOCC2. The van der Waals surface area contributed by atoms with Crippen molar-refractivity contribution in [3.8, 4) is 6.07 Å². The molecule has 0 amide bonds. The third kappa shape index (κ3) is 1.56. The van der Waals surface area contributed by atoms with Gasteiger partial charge in [-0.3, -0.25) is 4.90 Å². The molecule has 2 rings (SSSR count). The molecule has 2 aliphatic heterocycles. The Kier molecular flexibility index (Phi) is 2.52. The van der Waals surface area contributed by atoms with Crippen molar-refractivity contribution in [2.24, 2.45) is 0 Å². The Balaban J connectivity index is 2.05. The number of likely N-dealkylation sites (tertiary alicyclic amines) is 1. The van der Waals surface area contributed by atoms with Crippen molar-refractivity contribution in [2.75, 3.05) is 26.3 Å². The van der Waals surface area contributed by atoms with Crippen molar-refractivity contribution >= 4 is 0 Å². The highest BCUT2D eigenvalue weighted by atomic mass is 16.5. The van der Waals surface area contributed by atoms with Crippen LogP contribution in [-0.2, 0) is 4.74 Å². The Morgan fingerprint density at radius 1 is 1.31 bits per heavy atom. The second-order valence-corrected chi connectivity index (χ2v) is 4.02. The van der Waals surface area contributed by atoms with E-state index in [0.717, 1.165) is 32.6 Å². The van der Waals surface area contributed by atoms with Crippen LogP contribution in [-0.4, -0.2) is 36.7 Å². The van der Waals surface area contributed by atoms with Crippen molar-refractivity contribution in [1.82, 2.24) is 4.90 Å². The topological polar surface area (TPSA) is 36.3 Å². The summed E-state index contributed by atoms with van der Waals surface area (Å²) in [6.45, 7) is 3.46. The molecule has 2 saturated heterocycles. The molecular weight excluding hydrogens is 164 g/mol. The van der Waals surface area contributed by atoms with Gasteiger partial charge in [0.1, 0.15) is 0 Å². The van der Waals surface area contributed by atoms with Crippen LogP contribution in [0, 0.1) is 11.3 Å². The molecule has 0 aromatic rings. The lowest BCUT2D eigenvalue weighted by atomic mass is 9.87. The van der Waals surface area contributed by atoms with Gasteiger partial charge in [0.05, 0.1) is 12.6 Å². The van der Waals surface area contributed by atoms with Crippen molar-refractivity contribution < 1.29 is 4.74 Å². The van der Waals surface area contributed by atoms with E-state index in [2.05, 4.69) is 11.0 Å². The molecule has 0 unspecified atom stereocenters. The van der Waals surface area contributed by atoms with Gasteiger partial charge in [-0.1, -0.05) is 0 Å². The molecule has 0 radical (unpaired) electrons. The quantitative estimate of drug-likeness (QED) is 0.568. The van der Waals surface area contributed by atoms with E-state index in [1.54, 1.807) is 0 Å². The Morgan fingerprint density at radius 2 is 2.08 bits per heavy atom. The molecule has 72 valence electrons. The van der Waals surface area contributed by atoms with E-state index in [4.69, 9.17) is 10.00 Å². The van der Waals surface area contributed by atoms with E-state index >= 15 is 0 Å². The fourth-order valence-electron chi connectivity index (χ4n) is 2.64. The minimum atomic E-state index is 0.327. The van der Waals surface area contributed by atoms with Crippen LogP contribution in [0.4, 0.5) is 0 Å². The van der Waals surface area contributed by atoms with Gasteiger partial charge in [0.25, 0.3) is 0 Å². The lowest BCUT2D eigenvalue weighted by Crippen LogP contribution is -2.47. The standard InChI is InChI=1S/C10H16N2O/c11-5-7-12-6-1-2-10(12)3-8-13-9-4-10/h1-4,6-9H2. The van der Waals surface area contributed by atoms with Crippen molar-refractivity contribution in [1.29, 1.82) is 5.26 Å². The lowest BCUT2D eigenvalue weighted by Gasteiger charge is -2.40. The molecule has 0 aromatic heterocycles. The zero-order valence-corrected chi connectivity index (χ0v) is 7.96.